The van der Waals surface area contributed by atoms with Crippen molar-refractivity contribution in [3.05, 3.63) is 54.5 Å². The molecule has 1 aliphatic heterocycles. The standard InChI is InChI=1S/C18H22N6S/c1-15(16-7-3-5-9-19-16)21-22-18(25-2)24-13-11-23(12-14-24)17-8-4-6-10-20-17/h3-10H,11-14H2,1-2H3/b21-15-,22-18+. The van der Waals surface area contributed by atoms with Gasteiger partial charge in [-0.2, -0.15) is 5.10 Å². The quantitative estimate of drug-likeness (QED) is 0.482. The molecular weight excluding hydrogens is 332 g/mol. The van der Waals surface area contributed by atoms with Gasteiger partial charge in [0.2, 0.25) is 0 Å². The lowest BCUT2D eigenvalue weighted by Gasteiger charge is -2.36. The Labute approximate surface area is 152 Å². The summed E-state index contributed by atoms with van der Waals surface area (Å²) >= 11 is 1.62. The number of pyridine rings is 2. The SMILES string of the molecule is CS/C(=N/N=C(/C)c1ccccn1)N1CCN(c2ccccn2)CC1. The zero-order valence-electron chi connectivity index (χ0n) is 14.5. The number of thioether (sulfide) groups is 1. The molecule has 0 spiro atoms. The summed E-state index contributed by atoms with van der Waals surface area (Å²) in [5.41, 5.74) is 1.67. The second-order valence-corrected chi connectivity index (χ2v) is 6.42. The Hall–Kier alpha value is -2.41. The van der Waals surface area contributed by atoms with Gasteiger partial charge in [0.1, 0.15) is 5.82 Å². The molecule has 0 unspecified atom stereocenters. The fraction of sp³-hybridized carbons (Fsp3) is 0.333. The molecule has 0 bridgehead atoms. The van der Waals surface area contributed by atoms with Crippen LogP contribution in [0.1, 0.15) is 12.6 Å². The first-order valence-electron chi connectivity index (χ1n) is 8.26. The van der Waals surface area contributed by atoms with Crippen LogP contribution in [0.2, 0.25) is 0 Å². The maximum atomic E-state index is 4.46. The van der Waals surface area contributed by atoms with Crippen LogP contribution in [0.3, 0.4) is 0 Å². The van der Waals surface area contributed by atoms with E-state index in [1.807, 2.05) is 49.7 Å². The van der Waals surface area contributed by atoms with E-state index in [0.29, 0.717) is 0 Å². The van der Waals surface area contributed by atoms with Crippen molar-refractivity contribution in [3.8, 4) is 0 Å². The highest BCUT2D eigenvalue weighted by Crippen LogP contribution is 2.15. The third-order valence-electron chi connectivity index (χ3n) is 4.03. The first-order chi connectivity index (χ1) is 12.3. The fourth-order valence-corrected chi connectivity index (χ4v) is 3.21. The van der Waals surface area contributed by atoms with Crippen LogP contribution in [0.5, 0.6) is 0 Å². The molecule has 25 heavy (non-hydrogen) atoms. The summed E-state index contributed by atoms with van der Waals surface area (Å²) in [5.74, 6) is 1.04. The van der Waals surface area contributed by atoms with Crippen molar-refractivity contribution in [1.29, 1.82) is 0 Å². The third-order valence-corrected chi connectivity index (χ3v) is 4.73. The Kier molecular flexibility index (Phi) is 6.00. The van der Waals surface area contributed by atoms with E-state index < -0.39 is 0 Å². The Bertz CT molecular complexity index is 724. The monoisotopic (exact) mass is 354 g/mol. The van der Waals surface area contributed by atoms with E-state index in [1.54, 1.807) is 18.0 Å². The molecular formula is C18H22N6S. The number of piperazine rings is 1. The summed E-state index contributed by atoms with van der Waals surface area (Å²) < 4.78 is 0. The lowest BCUT2D eigenvalue weighted by atomic mass is 10.3. The summed E-state index contributed by atoms with van der Waals surface area (Å²) in [6, 6.07) is 11.8. The van der Waals surface area contributed by atoms with Gasteiger partial charge in [-0.05, 0) is 37.4 Å². The Morgan fingerprint density at radius 3 is 2.28 bits per heavy atom. The van der Waals surface area contributed by atoms with Crippen molar-refractivity contribution in [2.75, 3.05) is 37.3 Å². The molecule has 1 aliphatic rings. The van der Waals surface area contributed by atoms with Crippen LogP contribution in [0.25, 0.3) is 0 Å². The highest BCUT2D eigenvalue weighted by Gasteiger charge is 2.20. The van der Waals surface area contributed by atoms with Crippen LogP contribution < -0.4 is 4.90 Å². The van der Waals surface area contributed by atoms with Crippen molar-refractivity contribution in [2.45, 2.75) is 6.92 Å². The van der Waals surface area contributed by atoms with Gasteiger partial charge in [0.25, 0.3) is 0 Å². The van der Waals surface area contributed by atoms with Crippen LogP contribution in [-0.4, -0.2) is 58.2 Å². The maximum absolute atomic E-state index is 4.46. The van der Waals surface area contributed by atoms with Gasteiger partial charge in [-0.3, -0.25) is 4.98 Å². The van der Waals surface area contributed by atoms with Crippen LogP contribution in [0, 0.1) is 0 Å². The predicted molar refractivity (Wildman–Crippen MR) is 105 cm³/mol. The molecule has 0 saturated carbocycles. The molecule has 1 saturated heterocycles. The lowest BCUT2D eigenvalue weighted by Crippen LogP contribution is -2.48. The molecule has 2 aromatic heterocycles. The first kappa shape index (κ1) is 17.4. The average molecular weight is 354 g/mol. The lowest BCUT2D eigenvalue weighted by molar-refractivity contribution is 0.390. The predicted octanol–water partition coefficient (Wildman–Crippen LogP) is 2.74. The van der Waals surface area contributed by atoms with Crippen LogP contribution in [0.4, 0.5) is 5.82 Å². The van der Waals surface area contributed by atoms with E-state index >= 15 is 0 Å². The number of nitrogens with zero attached hydrogens (tertiary/aromatic N) is 6. The summed E-state index contributed by atoms with van der Waals surface area (Å²) in [6.07, 6.45) is 5.64. The second kappa shape index (κ2) is 8.62. The Morgan fingerprint density at radius 2 is 1.68 bits per heavy atom. The normalized spacial score (nSPS) is 16.2. The summed E-state index contributed by atoms with van der Waals surface area (Å²) in [4.78, 5) is 13.3. The van der Waals surface area contributed by atoms with Crippen molar-refractivity contribution in [3.63, 3.8) is 0 Å². The fourth-order valence-electron chi connectivity index (χ4n) is 2.65. The van der Waals surface area contributed by atoms with Gasteiger partial charge in [0.15, 0.2) is 5.17 Å². The smallest absolute Gasteiger partial charge is 0.185 e. The number of hydrogen-bond donors (Lipinski definition) is 0. The van der Waals surface area contributed by atoms with Gasteiger partial charge in [0, 0.05) is 38.6 Å². The van der Waals surface area contributed by atoms with Gasteiger partial charge < -0.3 is 9.80 Å². The van der Waals surface area contributed by atoms with Crippen LogP contribution in [-0.2, 0) is 0 Å². The van der Waals surface area contributed by atoms with Gasteiger partial charge >= 0.3 is 0 Å². The molecule has 0 aromatic carbocycles. The van der Waals surface area contributed by atoms with Gasteiger partial charge in [-0.1, -0.05) is 23.9 Å². The number of rotatable bonds is 3. The van der Waals surface area contributed by atoms with Crippen molar-refractivity contribution in [1.82, 2.24) is 14.9 Å². The minimum Gasteiger partial charge on any atom is -0.353 e. The topological polar surface area (TPSA) is 57.0 Å². The van der Waals surface area contributed by atoms with E-state index in [4.69, 9.17) is 0 Å². The largest absolute Gasteiger partial charge is 0.353 e. The number of aromatic nitrogens is 2. The van der Waals surface area contributed by atoms with E-state index in [0.717, 1.165) is 48.6 Å². The van der Waals surface area contributed by atoms with Crippen molar-refractivity contribution >= 4 is 28.5 Å². The van der Waals surface area contributed by atoms with Crippen molar-refractivity contribution < 1.29 is 0 Å². The van der Waals surface area contributed by atoms with E-state index in [9.17, 15) is 0 Å². The van der Waals surface area contributed by atoms with E-state index in [1.165, 1.54) is 0 Å². The van der Waals surface area contributed by atoms with Gasteiger partial charge in [-0.15, -0.1) is 5.10 Å². The van der Waals surface area contributed by atoms with Crippen LogP contribution in [0.15, 0.2) is 59.0 Å². The third kappa shape index (κ3) is 4.57. The zero-order chi connectivity index (χ0) is 17.5. The number of amidine groups is 1. The molecule has 0 aliphatic carbocycles. The Balaban J connectivity index is 1.64. The Morgan fingerprint density at radius 1 is 0.960 bits per heavy atom. The molecule has 2 aromatic rings. The molecule has 0 N–H and O–H groups in total. The molecule has 3 rings (SSSR count). The van der Waals surface area contributed by atoms with Gasteiger partial charge in [-0.25, -0.2) is 4.98 Å². The minimum absolute atomic E-state index is 0.819. The number of anilines is 1. The first-order valence-corrected chi connectivity index (χ1v) is 9.49. The summed E-state index contributed by atoms with van der Waals surface area (Å²) in [5, 5.41) is 9.77. The van der Waals surface area contributed by atoms with E-state index in [-0.39, 0.29) is 0 Å². The number of hydrogen-bond acceptors (Lipinski definition) is 6. The van der Waals surface area contributed by atoms with Crippen LogP contribution >= 0.6 is 11.8 Å². The highest BCUT2D eigenvalue weighted by molar-refractivity contribution is 8.13. The molecule has 0 amide bonds. The molecule has 0 atom stereocenters. The highest BCUT2D eigenvalue weighted by atomic mass is 32.2. The molecule has 130 valence electrons. The average Bonchev–Trinajstić information content (AvgIpc) is 2.70. The maximum Gasteiger partial charge on any atom is 0.185 e. The summed E-state index contributed by atoms with van der Waals surface area (Å²) in [6.45, 7) is 5.62. The molecule has 1 fully saturated rings. The van der Waals surface area contributed by atoms with Gasteiger partial charge in [0.05, 0.1) is 11.4 Å². The molecule has 7 heteroatoms. The molecule has 0 radical (unpaired) electrons. The summed E-state index contributed by atoms with van der Waals surface area (Å²) in [7, 11) is 0. The molecule has 3 heterocycles. The van der Waals surface area contributed by atoms with E-state index in [2.05, 4.69) is 36.0 Å². The minimum atomic E-state index is 0.819. The van der Waals surface area contributed by atoms with Crippen molar-refractivity contribution in [2.24, 2.45) is 10.2 Å². The zero-order valence-corrected chi connectivity index (χ0v) is 15.4. The molecule has 6 nitrogen and oxygen atoms in total. The second-order valence-electron chi connectivity index (χ2n) is 5.65.